The fourth-order valence-corrected chi connectivity index (χ4v) is 2.88. The highest BCUT2D eigenvalue weighted by Gasteiger charge is 2.23. The summed E-state index contributed by atoms with van der Waals surface area (Å²) in [5, 5.41) is 5.79. The lowest BCUT2D eigenvalue weighted by molar-refractivity contribution is 0.556. The number of hydrogen-bond acceptors (Lipinski definition) is 3. The second-order valence-electron chi connectivity index (χ2n) is 5.28. The Bertz CT molecular complexity index is 565. The van der Waals surface area contributed by atoms with E-state index in [0.717, 1.165) is 28.1 Å². The fraction of sp³-hybridized carbons (Fsp3) is 0.400. The predicted molar refractivity (Wildman–Crippen MR) is 76.6 cm³/mol. The maximum absolute atomic E-state index is 6.25. The van der Waals surface area contributed by atoms with Crippen molar-refractivity contribution in [2.45, 2.75) is 32.2 Å². The van der Waals surface area contributed by atoms with Crippen molar-refractivity contribution in [3.8, 4) is 0 Å². The van der Waals surface area contributed by atoms with Gasteiger partial charge in [-0.05, 0) is 30.9 Å². The van der Waals surface area contributed by atoms with E-state index in [1.807, 2.05) is 12.3 Å². The van der Waals surface area contributed by atoms with Crippen molar-refractivity contribution in [3.05, 3.63) is 30.6 Å². The molecule has 3 heteroatoms. The highest BCUT2D eigenvalue weighted by atomic mass is 14.9. The molecule has 2 aromatic rings. The van der Waals surface area contributed by atoms with Gasteiger partial charge in [-0.25, -0.2) is 0 Å². The summed E-state index contributed by atoms with van der Waals surface area (Å²) >= 11 is 0. The van der Waals surface area contributed by atoms with Crippen LogP contribution < -0.4 is 11.1 Å². The van der Waals surface area contributed by atoms with Crippen LogP contribution in [0.25, 0.3) is 10.8 Å². The predicted octanol–water partition coefficient (Wildman–Crippen LogP) is 3.42. The molecule has 1 aliphatic rings. The SMILES string of the molecule is CC1CCCC1Nc1ccc2cnccc2c1N. The van der Waals surface area contributed by atoms with Gasteiger partial charge >= 0.3 is 0 Å². The third-order valence-corrected chi connectivity index (χ3v) is 4.06. The molecule has 3 N–H and O–H groups in total. The van der Waals surface area contributed by atoms with Gasteiger partial charge < -0.3 is 11.1 Å². The molecule has 0 bridgehead atoms. The van der Waals surface area contributed by atoms with E-state index in [1.54, 1.807) is 6.20 Å². The molecule has 94 valence electrons. The van der Waals surface area contributed by atoms with Gasteiger partial charge in [-0.1, -0.05) is 19.4 Å². The largest absolute Gasteiger partial charge is 0.397 e. The molecule has 3 rings (SSSR count). The lowest BCUT2D eigenvalue weighted by Crippen LogP contribution is -2.22. The van der Waals surface area contributed by atoms with Crippen molar-refractivity contribution in [1.29, 1.82) is 0 Å². The minimum absolute atomic E-state index is 0.562. The summed E-state index contributed by atoms with van der Waals surface area (Å²) in [6.45, 7) is 2.31. The molecular formula is C15H19N3. The summed E-state index contributed by atoms with van der Waals surface area (Å²) < 4.78 is 0. The van der Waals surface area contributed by atoms with Gasteiger partial charge in [-0.2, -0.15) is 0 Å². The molecule has 3 nitrogen and oxygen atoms in total. The number of pyridine rings is 1. The Morgan fingerprint density at radius 1 is 1.28 bits per heavy atom. The monoisotopic (exact) mass is 241 g/mol. The zero-order valence-corrected chi connectivity index (χ0v) is 10.7. The van der Waals surface area contributed by atoms with Crippen molar-refractivity contribution >= 4 is 22.1 Å². The Morgan fingerprint density at radius 3 is 2.94 bits per heavy atom. The normalized spacial score (nSPS) is 23.4. The average molecular weight is 241 g/mol. The molecule has 1 aromatic carbocycles. The smallest absolute Gasteiger partial charge is 0.0630 e. The molecule has 0 radical (unpaired) electrons. The van der Waals surface area contributed by atoms with E-state index >= 15 is 0 Å². The molecule has 1 aliphatic carbocycles. The standard InChI is InChI=1S/C15H19N3/c1-10-3-2-4-13(10)18-14-6-5-11-9-17-8-7-12(11)15(14)16/h5-10,13,18H,2-4,16H2,1H3. The van der Waals surface area contributed by atoms with Gasteiger partial charge in [-0.3, -0.25) is 4.98 Å². The summed E-state index contributed by atoms with van der Waals surface area (Å²) in [7, 11) is 0. The molecule has 0 amide bonds. The number of fused-ring (bicyclic) bond motifs is 1. The minimum atomic E-state index is 0.562. The second-order valence-corrected chi connectivity index (χ2v) is 5.28. The quantitative estimate of drug-likeness (QED) is 0.792. The lowest BCUT2D eigenvalue weighted by Gasteiger charge is -2.20. The van der Waals surface area contributed by atoms with Crippen molar-refractivity contribution in [1.82, 2.24) is 4.98 Å². The Kier molecular flexibility index (Phi) is 2.82. The van der Waals surface area contributed by atoms with E-state index < -0.39 is 0 Å². The summed E-state index contributed by atoms with van der Waals surface area (Å²) in [6, 6.07) is 6.70. The molecular weight excluding hydrogens is 222 g/mol. The number of benzene rings is 1. The van der Waals surface area contributed by atoms with Gasteiger partial charge in [0.05, 0.1) is 11.4 Å². The fourth-order valence-electron chi connectivity index (χ4n) is 2.88. The van der Waals surface area contributed by atoms with Gasteiger partial charge in [-0.15, -0.1) is 0 Å². The zero-order chi connectivity index (χ0) is 12.5. The molecule has 1 aromatic heterocycles. The topological polar surface area (TPSA) is 50.9 Å². The Balaban J connectivity index is 1.95. The number of anilines is 2. The summed E-state index contributed by atoms with van der Waals surface area (Å²) in [6.07, 6.45) is 7.52. The number of nitrogen functional groups attached to an aromatic ring is 1. The number of hydrogen-bond donors (Lipinski definition) is 2. The van der Waals surface area contributed by atoms with Crippen molar-refractivity contribution in [2.24, 2.45) is 5.92 Å². The molecule has 1 heterocycles. The van der Waals surface area contributed by atoms with Crippen LogP contribution in [0, 0.1) is 5.92 Å². The van der Waals surface area contributed by atoms with E-state index in [9.17, 15) is 0 Å². The van der Waals surface area contributed by atoms with Gasteiger partial charge in [0.25, 0.3) is 0 Å². The number of aromatic nitrogens is 1. The number of nitrogens with one attached hydrogen (secondary N) is 1. The molecule has 2 unspecified atom stereocenters. The first kappa shape index (κ1) is 11.3. The summed E-state index contributed by atoms with van der Waals surface area (Å²) in [5.41, 5.74) is 8.16. The summed E-state index contributed by atoms with van der Waals surface area (Å²) in [5.74, 6) is 0.734. The summed E-state index contributed by atoms with van der Waals surface area (Å²) in [4.78, 5) is 4.12. The molecule has 1 saturated carbocycles. The molecule has 1 fully saturated rings. The maximum atomic E-state index is 6.25. The van der Waals surface area contributed by atoms with Gasteiger partial charge in [0.2, 0.25) is 0 Å². The van der Waals surface area contributed by atoms with Gasteiger partial charge in [0, 0.05) is 29.2 Å². The van der Waals surface area contributed by atoms with E-state index in [0.29, 0.717) is 6.04 Å². The van der Waals surface area contributed by atoms with E-state index in [2.05, 4.69) is 29.4 Å². The first-order valence-electron chi connectivity index (χ1n) is 6.64. The lowest BCUT2D eigenvalue weighted by atomic mass is 10.0. The zero-order valence-electron chi connectivity index (χ0n) is 10.7. The van der Waals surface area contributed by atoms with Crippen LogP contribution in [0.5, 0.6) is 0 Å². The third kappa shape index (κ3) is 1.90. The van der Waals surface area contributed by atoms with Crippen molar-refractivity contribution in [2.75, 3.05) is 11.1 Å². The Morgan fingerprint density at radius 2 is 2.17 bits per heavy atom. The van der Waals surface area contributed by atoms with Crippen LogP contribution in [0.2, 0.25) is 0 Å². The van der Waals surface area contributed by atoms with Crippen LogP contribution in [-0.2, 0) is 0 Å². The molecule has 0 aliphatic heterocycles. The van der Waals surface area contributed by atoms with Crippen LogP contribution in [-0.4, -0.2) is 11.0 Å². The van der Waals surface area contributed by atoms with E-state index in [4.69, 9.17) is 5.73 Å². The molecule has 0 spiro atoms. The first-order chi connectivity index (χ1) is 8.75. The highest BCUT2D eigenvalue weighted by molar-refractivity contribution is 5.98. The van der Waals surface area contributed by atoms with Crippen LogP contribution in [0.4, 0.5) is 11.4 Å². The van der Waals surface area contributed by atoms with Crippen LogP contribution in [0.1, 0.15) is 26.2 Å². The van der Waals surface area contributed by atoms with Crippen LogP contribution in [0.3, 0.4) is 0 Å². The number of rotatable bonds is 2. The molecule has 2 atom stereocenters. The number of nitrogens with zero attached hydrogens (tertiary/aromatic N) is 1. The van der Waals surface area contributed by atoms with Crippen LogP contribution in [0.15, 0.2) is 30.6 Å². The van der Waals surface area contributed by atoms with Gasteiger partial charge in [0.1, 0.15) is 0 Å². The Labute approximate surface area is 107 Å². The highest BCUT2D eigenvalue weighted by Crippen LogP contribution is 2.33. The van der Waals surface area contributed by atoms with E-state index in [-0.39, 0.29) is 0 Å². The molecule has 18 heavy (non-hydrogen) atoms. The van der Waals surface area contributed by atoms with Crippen molar-refractivity contribution < 1.29 is 0 Å². The first-order valence-corrected chi connectivity index (χ1v) is 6.64. The van der Waals surface area contributed by atoms with Crippen LogP contribution >= 0.6 is 0 Å². The van der Waals surface area contributed by atoms with E-state index in [1.165, 1.54) is 19.3 Å². The minimum Gasteiger partial charge on any atom is -0.397 e. The average Bonchev–Trinajstić information content (AvgIpc) is 2.79. The number of nitrogens with two attached hydrogens (primary N) is 1. The second kappa shape index (κ2) is 4.48. The third-order valence-electron chi connectivity index (χ3n) is 4.06. The Hall–Kier alpha value is -1.77. The molecule has 0 saturated heterocycles. The van der Waals surface area contributed by atoms with Crippen molar-refractivity contribution in [3.63, 3.8) is 0 Å². The maximum Gasteiger partial charge on any atom is 0.0630 e. The van der Waals surface area contributed by atoms with Gasteiger partial charge in [0.15, 0.2) is 0 Å².